The van der Waals surface area contributed by atoms with Gasteiger partial charge < -0.3 is 15.6 Å². The van der Waals surface area contributed by atoms with Gasteiger partial charge in [-0.05, 0) is 37.1 Å². The number of hydrogen-bond donors (Lipinski definition) is 2. The van der Waals surface area contributed by atoms with Gasteiger partial charge in [-0.25, -0.2) is 0 Å². The SMILES string of the molecule is NC1CCC1.Oc1ccc(OC(F)F)cc1. The van der Waals surface area contributed by atoms with Crippen molar-refractivity contribution in [2.75, 3.05) is 0 Å². The number of aromatic hydroxyl groups is 1. The Morgan fingerprint density at radius 2 is 1.75 bits per heavy atom. The molecule has 1 aliphatic carbocycles. The van der Waals surface area contributed by atoms with Gasteiger partial charge in [0.2, 0.25) is 0 Å². The Labute approximate surface area is 92.8 Å². The number of nitrogens with two attached hydrogens (primary N) is 1. The first kappa shape index (κ1) is 12.7. The summed E-state index contributed by atoms with van der Waals surface area (Å²) in [6.07, 6.45) is 3.89. The molecule has 3 N–H and O–H groups in total. The van der Waals surface area contributed by atoms with Crippen molar-refractivity contribution in [1.82, 2.24) is 0 Å². The lowest BCUT2D eigenvalue weighted by Gasteiger charge is -2.18. The smallest absolute Gasteiger partial charge is 0.387 e. The van der Waals surface area contributed by atoms with Gasteiger partial charge in [0.25, 0.3) is 0 Å². The minimum atomic E-state index is -2.82. The Hall–Kier alpha value is -1.36. The van der Waals surface area contributed by atoms with Crippen LogP contribution in [0.2, 0.25) is 0 Å². The van der Waals surface area contributed by atoms with Crippen LogP contribution in [0.4, 0.5) is 8.78 Å². The quantitative estimate of drug-likeness (QED) is 0.822. The van der Waals surface area contributed by atoms with Crippen LogP contribution >= 0.6 is 0 Å². The summed E-state index contributed by atoms with van der Waals surface area (Å²) in [4.78, 5) is 0. The van der Waals surface area contributed by atoms with Crippen LogP contribution < -0.4 is 10.5 Å². The Kier molecular flexibility index (Phi) is 4.98. The fourth-order valence-corrected chi connectivity index (χ4v) is 1.07. The number of halogens is 2. The molecule has 0 spiro atoms. The summed E-state index contributed by atoms with van der Waals surface area (Å²) in [7, 11) is 0. The van der Waals surface area contributed by atoms with Gasteiger partial charge >= 0.3 is 6.61 Å². The maximum atomic E-state index is 11.5. The zero-order valence-corrected chi connectivity index (χ0v) is 8.77. The van der Waals surface area contributed by atoms with Gasteiger partial charge in [0.1, 0.15) is 11.5 Å². The molecule has 1 fully saturated rings. The molecule has 0 amide bonds. The molecular formula is C11H15F2NO2. The Bertz CT molecular complexity index is 299. The van der Waals surface area contributed by atoms with Gasteiger partial charge in [-0.3, -0.25) is 0 Å². The number of ether oxygens (including phenoxy) is 1. The molecule has 3 nitrogen and oxygen atoms in total. The van der Waals surface area contributed by atoms with Crippen molar-refractivity contribution in [3.8, 4) is 11.5 Å². The van der Waals surface area contributed by atoms with E-state index in [0.29, 0.717) is 6.04 Å². The van der Waals surface area contributed by atoms with Crippen molar-refractivity contribution in [3.63, 3.8) is 0 Å². The van der Waals surface area contributed by atoms with Crippen LogP contribution in [0, 0.1) is 0 Å². The fourth-order valence-electron chi connectivity index (χ4n) is 1.07. The summed E-state index contributed by atoms with van der Waals surface area (Å²) in [5, 5.41) is 8.75. The van der Waals surface area contributed by atoms with E-state index in [-0.39, 0.29) is 11.5 Å². The highest BCUT2D eigenvalue weighted by atomic mass is 19.3. The average Bonchev–Trinajstić information content (AvgIpc) is 2.19. The predicted octanol–water partition coefficient (Wildman–Crippen LogP) is 2.49. The third-order valence-electron chi connectivity index (χ3n) is 2.21. The summed E-state index contributed by atoms with van der Waals surface area (Å²) in [6.45, 7) is -2.82. The van der Waals surface area contributed by atoms with Gasteiger partial charge in [-0.1, -0.05) is 6.42 Å². The highest BCUT2D eigenvalue weighted by molar-refractivity contribution is 5.29. The van der Waals surface area contributed by atoms with Crippen molar-refractivity contribution in [3.05, 3.63) is 24.3 Å². The van der Waals surface area contributed by atoms with Crippen molar-refractivity contribution in [1.29, 1.82) is 0 Å². The van der Waals surface area contributed by atoms with E-state index in [1.807, 2.05) is 0 Å². The average molecular weight is 231 g/mol. The van der Waals surface area contributed by atoms with E-state index in [0.717, 1.165) is 0 Å². The molecule has 1 aromatic rings. The Morgan fingerprint density at radius 1 is 1.25 bits per heavy atom. The number of alkyl halides is 2. The molecule has 0 bridgehead atoms. The summed E-state index contributed by atoms with van der Waals surface area (Å²) < 4.78 is 27.1. The van der Waals surface area contributed by atoms with E-state index in [9.17, 15) is 8.78 Å². The Morgan fingerprint density at radius 3 is 2.06 bits per heavy atom. The highest BCUT2D eigenvalue weighted by Crippen LogP contribution is 2.17. The molecule has 1 saturated carbocycles. The van der Waals surface area contributed by atoms with Crippen molar-refractivity contribution in [2.45, 2.75) is 31.9 Å². The molecule has 16 heavy (non-hydrogen) atoms. The molecule has 0 unspecified atom stereocenters. The first-order valence-electron chi connectivity index (χ1n) is 5.07. The number of phenols is 1. The van der Waals surface area contributed by atoms with Crippen LogP contribution in [-0.2, 0) is 0 Å². The predicted molar refractivity (Wildman–Crippen MR) is 56.6 cm³/mol. The van der Waals surface area contributed by atoms with Crippen molar-refractivity contribution >= 4 is 0 Å². The molecule has 0 aliphatic heterocycles. The van der Waals surface area contributed by atoms with Gasteiger partial charge in [0.05, 0.1) is 0 Å². The second-order valence-electron chi connectivity index (χ2n) is 3.56. The summed E-state index contributed by atoms with van der Waals surface area (Å²) in [5.41, 5.74) is 5.38. The molecule has 0 aromatic heterocycles. The van der Waals surface area contributed by atoms with Crippen molar-refractivity contribution in [2.24, 2.45) is 5.73 Å². The summed E-state index contributed by atoms with van der Waals surface area (Å²) in [6, 6.07) is 5.65. The van der Waals surface area contributed by atoms with Crippen LogP contribution in [0.5, 0.6) is 11.5 Å². The van der Waals surface area contributed by atoms with E-state index in [1.54, 1.807) is 0 Å². The molecule has 0 atom stereocenters. The molecule has 0 saturated heterocycles. The Balaban J connectivity index is 0.000000212. The van der Waals surface area contributed by atoms with Gasteiger partial charge in [-0.15, -0.1) is 0 Å². The number of hydrogen-bond acceptors (Lipinski definition) is 3. The van der Waals surface area contributed by atoms with Crippen molar-refractivity contribution < 1.29 is 18.6 Å². The zero-order valence-electron chi connectivity index (χ0n) is 8.77. The lowest BCUT2D eigenvalue weighted by molar-refractivity contribution is -0.0498. The second kappa shape index (κ2) is 6.27. The molecule has 1 aromatic carbocycles. The minimum absolute atomic E-state index is 0.0200. The maximum absolute atomic E-state index is 11.5. The van der Waals surface area contributed by atoms with Crippen LogP contribution in [-0.4, -0.2) is 17.8 Å². The van der Waals surface area contributed by atoms with E-state index in [4.69, 9.17) is 10.8 Å². The fraction of sp³-hybridized carbons (Fsp3) is 0.455. The normalized spacial score (nSPS) is 15.0. The molecule has 1 aliphatic rings. The third kappa shape index (κ3) is 4.93. The van der Waals surface area contributed by atoms with Crippen LogP contribution in [0.25, 0.3) is 0 Å². The first-order chi connectivity index (χ1) is 7.58. The molecule has 5 heteroatoms. The molecule has 90 valence electrons. The van der Waals surface area contributed by atoms with E-state index < -0.39 is 6.61 Å². The molecule has 2 rings (SSSR count). The minimum Gasteiger partial charge on any atom is -0.508 e. The summed E-state index contributed by atoms with van der Waals surface area (Å²) >= 11 is 0. The largest absolute Gasteiger partial charge is 0.508 e. The molecule has 0 heterocycles. The van der Waals surface area contributed by atoms with E-state index in [2.05, 4.69) is 4.74 Å². The van der Waals surface area contributed by atoms with Crippen LogP contribution in [0.15, 0.2) is 24.3 Å². The van der Waals surface area contributed by atoms with Crippen LogP contribution in [0.1, 0.15) is 19.3 Å². The molecule has 0 radical (unpaired) electrons. The number of benzene rings is 1. The van der Waals surface area contributed by atoms with Crippen LogP contribution in [0.3, 0.4) is 0 Å². The topological polar surface area (TPSA) is 55.5 Å². The summed E-state index contributed by atoms with van der Waals surface area (Å²) in [5.74, 6) is 0.0596. The zero-order chi connectivity index (χ0) is 12.0. The number of phenolic OH excluding ortho intramolecular Hbond substituents is 1. The van der Waals surface area contributed by atoms with Gasteiger partial charge in [0, 0.05) is 6.04 Å². The maximum Gasteiger partial charge on any atom is 0.387 e. The lowest BCUT2D eigenvalue weighted by atomic mass is 9.95. The third-order valence-corrected chi connectivity index (χ3v) is 2.21. The van der Waals surface area contributed by atoms with E-state index >= 15 is 0 Å². The second-order valence-corrected chi connectivity index (χ2v) is 3.56. The molecular weight excluding hydrogens is 216 g/mol. The standard InChI is InChI=1S/C7H6F2O2.C4H9N/c8-7(9)11-6-3-1-5(10)2-4-6;5-4-2-1-3-4/h1-4,7,10H;4H,1-3,5H2. The monoisotopic (exact) mass is 231 g/mol. The lowest BCUT2D eigenvalue weighted by Crippen LogP contribution is -2.27. The van der Waals surface area contributed by atoms with Gasteiger partial charge in [0.15, 0.2) is 0 Å². The van der Waals surface area contributed by atoms with Gasteiger partial charge in [-0.2, -0.15) is 8.78 Å². The first-order valence-corrected chi connectivity index (χ1v) is 5.07. The number of rotatable bonds is 2. The highest BCUT2D eigenvalue weighted by Gasteiger charge is 2.09. The van der Waals surface area contributed by atoms with E-state index in [1.165, 1.54) is 43.5 Å².